The molecule has 2 amide bonds. The van der Waals surface area contributed by atoms with E-state index in [0.29, 0.717) is 22.6 Å². The summed E-state index contributed by atoms with van der Waals surface area (Å²) >= 11 is 5.17. The Morgan fingerprint density at radius 1 is 1.24 bits per heavy atom. The van der Waals surface area contributed by atoms with Gasteiger partial charge in [-0.15, -0.1) is 0 Å². The smallest absolute Gasteiger partial charge is 0.265 e. The van der Waals surface area contributed by atoms with Gasteiger partial charge >= 0.3 is 0 Å². The predicted octanol–water partition coefficient (Wildman–Crippen LogP) is 1.24. The SMILES string of the molecule is O=C(CCN1C(=O)COc2ccccc21)NNC(=S)NC1CCCC1. The summed E-state index contributed by atoms with van der Waals surface area (Å²) < 4.78 is 5.39. The second-order valence-corrected chi connectivity index (χ2v) is 6.59. The van der Waals surface area contributed by atoms with E-state index in [2.05, 4.69) is 16.2 Å². The van der Waals surface area contributed by atoms with Gasteiger partial charge in [-0.3, -0.25) is 20.4 Å². The number of para-hydroxylation sites is 2. The van der Waals surface area contributed by atoms with Crippen molar-refractivity contribution in [3.63, 3.8) is 0 Å². The summed E-state index contributed by atoms with van der Waals surface area (Å²) in [4.78, 5) is 25.6. The van der Waals surface area contributed by atoms with Crippen LogP contribution in [-0.2, 0) is 9.59 Å². The molecule has 3 rings (SSSR count). The Kier molecular flexibility index (Phi) is 5.70. The quantitative estimate of drug-likeness (QED) is 0.552. The number of amides is 2. The van der Waals surface area contributed by atoms with Crippen LogP contribution in [0.1, 0.15) is 32.1 Å². The minimum Gasteiger partial charge on any atom is -0.482 e. The van der Waals surface area contributed by atoms with Gasteiger partial charge in [-0.05, 0) is 37.2 Å². The molecule has 1 aliphatic carbocycles. The molecule has 3 N–H and O–H groups in total. The summed E-state index contributed by atoms with van der Waals surface area (Å²) in [6, 6.07) is 7.69. The maximum atomic E-state index is 12.1. The van der Waals surface area contributed by atoms with Gasteiger partial charge in [0.15, 0.2) is 11.7 Å². The molecule has 0 atom stereocenters. The van der Waals surface area contributed by atoms with E-state index in [0.717, 1.165) is 12.8 Å². The lowest BCUT2D eigenvalue weighted by molar-refractivity contribution is -0.122. The van der Waals surface area contributed by atoms with Crippen molar-refractivity contribution < 1.29 is 14.3 Å². The van der Waals surface area contributed by atoms with E-state index in [-0.39, 0.29) is 31.4 Å². The Labute approximate surface area is 152 Å². The van der Waals surface area contributed by atoms with Gasteiger partial charge in [-0.1, -0.05) is 25.0 Å². The topological polar surface area (TPSA) is 82.7 Å². The monoisotopic (exact) mass is 362 g/mol. The van der Waals surface area contributed by atoms with Crippen LogP contribution in [0, 0.1) is 0 Å². The predicted molar refractivity (Wildman–Crippen MR) is 98.2 cm³/mol. The van der Waals surface area contributed by atoms with Crippen LogP contribution in [0.2, 0.25) is 0 Å². The molecule has 2 aliphatic rings. The van der Waals surface area contributed by atoms with Gasteiger partial charge in [0.2, 0.25) is 5.91 Å². The maximum Gasteiger partial charge on any atom is 0.265 e. The Balaban J connectivity index is 1.44. The van der Waals surface area contributed by atoms with Crippen LogP contribution in [0.15, 0.2) is 24.3 Å². The number of nitrogens with one attached hydrogen (secondary N) is 3. The highest BCUT2D eigenvalue weighted by atomic mass is 32.1. The molecule has 8 heteroatoms. The van der Waals surface area contributed by atoms with E-state index in [9.17, 15) is 9.59 Å². The largest absolute Gasteiger partial charge is 0.482 e. The number of carbonyl (C=O) groups excluding carboxylic acids is 2. The first-order valence-corrected chi connectivity index (χ1v) is 8.92. The van der Waals surface area contributed by atoms with E-state index in [1.54, 1.807) is 4.90 Å². The Morgan fingerprint density at radius 3 is 2.80 bits per heavy atom. The number of hydrogen-bond donors (Lipinski definition) is 3. The third-order valence-corrected chi connectivity index (χ3v) is 4.60. The molecule has 7 nitrogen and oxygen atoms in total. The number of hydrogen-bond acceptors (Lipinski definition) is 4. The fourth-order valence-corrected chi connectivity index (χ4v) is 3.31. The molecule has 25 heavy (non-hydrogen) atoms. The zero-order chi connectivity index (χ0) is 17.6. The van der Waals surface area contributed by atoms with E-state index in [4.69, 9.17) is 17.0 Å². The van der Waals surface area contributed by atoms with Crippen molar-refractivity contribution >= 4 is 34.8 Å². The molecule has 0 bridgehead atoms. The van der Waals surface area contributed by atoms with Gasteiger partial charge < -0.3 is 15.0 Å². The molecule has 0 unspecified atom stereocenters. The lowest BCUT2D eigenvalue weighted by Crippen LogP contribution is -2.50. The molecular weight excluding hydrogens is 340 g/mol. The Bertz CT molecular complexity index is 661. The highest BCUT2D eigenvalue weighted by Crippen LogP contribution is 2.31. The van der Waals surface area contributed by atoms with Crippen LogP contribution in [-0.4, -0.2) is 36.1 Å². The van der Waals surface area contributed by atoms with Crippen LogP contribution < -0.4 is 25.8 Å². The molecule has 1 aromatic rings. The summed E-state index contributed by atoms with van der Waals surface area (Å²) in [6.07, 6.45) is 4.80. The number of anilines is 1. The zero-order valence-corrected chi connectivity index (χ0v) is 14.7. The van der Waals surface area contributed by atoms with Gasteiger partial charge in [0.1, 0.15) is 5.75 Å². The van der Waals surface area contributed by atoms with Crippen molar-refractivity contribution in [2.45, 2.75) is 38.1 Å². The molecule has 1 aromatic carbocycles. The first kappa shape index (κ1) is 17.5. The number of hydrazine groups is 1. The number of benzene rings is 1. The molecule has 0 saturated heterocycles. The lowest BCUT2D eigenvalue weighted by Gasteiger charge is -2.29. The number of rotatable bonds is 4. The summed E-state index contributed by atoms with van der Waals surface area (Å²) in [5.41, 5.74) is 5.99. The maximum absolute atomic E-state index is 12.1. The number of nitrogens with zero attached hydrogens (tertiary/aromatic N) is 1. The highest BCUT2D eigenvalue weighted by Gasteiger charge is 2.25. The third kappa shape index (κ3) is 4.60. The van der Waals surface area contributed by atoms with Gasteiger partial charge in [-0.2, -0.15) is 0 Å². The summed E-state index contributed by atoms with van der Waals surface area (Å²) in [5, 5.41) is 3.61. The van der Waals surface area contributed by atoms with Crippen molar-refractivity contribution in [3.05, 3.63) is 24.3 Å². The van der Waals surface area contributed by atoms with Gasteiger partial charge in [0.05, 0.1) is 5.69 Å². The van der Waals surface area contributed by atoms with Crippen LogP contribution in [0.5, 0.6) is 5.75 Å². The zero-order valence-electron chi connectivity index (χ0n) is 13.9. The minimum absolute atomic E-state index is 0.00766. The molecule has 134 valence electrons. The minimum atomic E-state index is -0.229. The molecule has 1 saturated carbocycles. The van der Waals surface area contributed by atoms with Crippen LogP contribution >= 0.6 is 12.2 Å². The molecule has 1 fully saturated rings. The molecular formula is C17H22N4O3S. The number of ether oxygens (including phenoxy) is 1. The van der Waals surface area contributed by atoms with Gasteiger partial charge in [0, 0.05) is 19.0 Å². The average Bonchev–Trinajstić information content (AvgIpc) is 3.12. The summed E-state index contributed by atoms with van der Waals surface area (Å²) in [5.74, 6) is 0.271. The summed E-state index contributed by atoms with van der Waals surface area (Å²) in [6.45, 7) is 0.280. The Hall–Kier alpha value is -2.35. The van der Waals surface area contributed by atoms with Crippen molar-refractivity contribution in [1.29, 1.82) is 0 Å². The fourth-order valence-electron chi connectivity index (χ4n) is 3.09. The van der Waals surface area contributed by atoms with Crippen molar-refractivity contribution in [1.82, 2.24) is 16.2 Å². The average molecular weight is 362 g/mol. The van der Waals surface area contributed by atoms with Crippen LogP contribution in [0.4, 0.5) is 5.69 Å². The van der Waals surface area contributed by atoms with Crippen molar-refractivity contribution in [2.24, 2.45) is 0 Å². The molecule has 1 heterocycles. The van der Waals surface area contributed by atoms with E-state index in [1.807, 2.05) is 24.3 Å². The molecule has 1 aliphatic heterocycles. The normalized spacial score (nSPS) is 16.8. The van der Waals surface area contributed by atoms with Crippen LogP contribution in [0.25, 0.3) is 0 Å². The summed E-state index contributed by atoms with van der Waals surface area (Å²) in [7, 11) is 0. The second-order valence-electron chi connectivity index (χ2n) is 6.18. The van der Waals surface area contributed by atoms with Gasteiger partial charge in [-0.25, -0.2) is 0 Å². The van der Waals surface area contributed by atoms with Crippen molar-refractivity contribution in [2.75, 3.05) is 18.1 Å². The highest BCUT2D eigenvalue weighted by molar-refractivity contribution is 7.80. The molecule has 0 spiro atoms. The Morgan fingerprint density at radius 2 is 2.00 bits per heavy atom. The molecule has 0 aromatic heterocycles. The van der Waals surface area contributed by atoms with Crippen molar-refractivity contribution in [3.8, 4) is 5.75 Å². The van der Waals surface area contributed by atoms with E-state index < -0.39 is 0 Å². The molecule has 0 radical (unpaired) electrons. The standard InChI is InChI=1S/C17H22N4O3S/c22-15(19-20-17(25)18-12-5-1-2-6-12)9-10-21-13-7-3-4-8-14(13)24-11-16(21)23/h3-4,7-8,12H,1-2,5-6,9-11H2,(H,19,22)(H2,18,20,25). The third-order valence-electron chi connectivity index (χ3n) is 4.38. The van der Waals surface area contributed by atoms with Crippen LogP contribution in [0.3, 0.4) is 0 Å². The van der Waals surface area contributed by atoms with E-state index >= 15 is 0 Å². The number of fused-ring (bicyclic) bond motifs is 1. The van der Waals surface area contributed by atoms with E-state index in [1.165, 1.54) is 12.8 Å². The second kappa shape index (κ2) is 8.15. The lowest BCUT2D eigenvalue weighted by atomic mass is 10.2. The van der Waals surface area contributed by atoms with Gasteiger partial charge in [0.25, 0.3) is 5.91 Å². The first-order chi connectivity index (χ1) is 12.1. The fraction of sp³-hybridized carbons (Fsp3) is 0.471. The number of thiocarbonyl (C=S) groups is 1. The number of carbonyl (C=O) groups is 2. The first-order valence-electron chi connectivity index (χ1n) is 8.51.